The first-order chi connectivity index (χ1) is 7.49. The number of amides is 1. The van der Waals surface area contributed by atoms with Gasteiger partial charge in [0.25, 0.3) is 0 Å². The second-order valence-electron chi connectivity index (χ2n) is 3.27. The van der Waals surface area contributed by atoms with Gasteiger partial charge in [-0.05, 0) is 6.92 Å². The molecule has 1 heterocycles. The minimum Gasteiger partial charge on any atom is -0.481 e. The molecule has 0 aromatic carbocycles. The van der Waals surface area contributed by atoms with E-state index in [4.69, 9.17) is 10.8 Å². The number of aryl methyl sites for hydroxylation is 1. The number of carboxylic acids is 1. The Hall–Kier alpha value is -1.47. The molecule has 0 aliphatic heterocycles. The molecule has 0 aliphatic carbocycles. The third kappa shape index (κ3) is 3.95. The molecule has 4 N–H and O–H groups in total. The monoisotopic (exact) mass is 243 g/mol. The Morgan fingerprint density at radius 3 is 2.88 bits per heavy atom. The molecule has 0 saturated carbocycles. The van der Waals surface area contributed by atoms with Crippen LogP contribution in [-0.2, 0) is 16.1 Å². The summed E-state index contributed by atoms with van der Waals surface area (Å²) in [4.78, 5) is 26.6. The predicted molar refractivity (Wildman–Crippen MR) is 58.9 cm³/mol. The number of aliphatic carboxylic acids is 1. The van der Waals surface area contributed by atoms with Crippen molar-refractivity contribution in [3.8, 4) is 0 Å². The number of rotatable bonds is 5. The van der Waals surface area contributed by atoms with Crippen molar-refractivity contribution in [2.45, 2.75) is 25.9 Å². The normalized spacial score (nSPS) is 12.1. The molecular weight excluding hydrogens is 230 g/mol. The summed E-state index contributed by atoms with van der Waals surface area (Å²) in [6, 6.07) is -1.01. The van der Waals surface area contributed by atoms with Gasteiger partial charge in [0.15, 0.2) is 0 Å². The van der Waals surface area contributed by atoms with Crippen molar-refractivity contribution >= 4 is 23.2 Å². The van der Waals surface area contributed by atoms with Crippen molar-refractivity contribution in [1.29, 1.82) is 0 Å². The molecule has 1 atom stereocenters. The Morgan fingerprint density at radius 1 is 1.69 bits per heavy atom. The summed E-state index contributed by atoms with van der Waals surface area (Å²) in [6.45, 7) is 2.20. The highest BCUT2D eigenvalue weighted by molar-refractivity contribution is 7.11. The number of thiazole rings is 1. The summed E-state index contributed by atoms with van der Waals surface area (Å²) in [5.74, 6) is -1.55. The highest BCUT2D eigenvalue weighted by atomic mass is 32.1. The Balaban J connectivity index is 2.37. The highest BCUT2D eigenvalue weighted by Gasteiger charge is 2.16. The van der Waals surface area contributed by atoms with E-state index in [1.165, 1.54) is 11.3 Å². The molecule has 1 rings (SSSR count). The van der Waals surface area contributed by atoms with Crippen LogP contribution >= 0.6 is 11.3 Å². The van der Waals surface area contributed by atoms with E-state index in [9.17, 15) is 9.59 Å². The summed E-state index contributed by atoms with van der Waals surface area (Å²) in [7, 11) is 0. The smallest absolute Gasteiger partial charge is 0.305 e. The molecule has 88 valence electrons. The standard InChI is InChI=1S/C9H13N3O3S/c1-5-11-3-6(16-5)4-12-9(15)7(10)2-8(13)14/h3,7H,2,4,10H2,1H3,(H,12,15)(H,13,14). The third-order valence-electron chi connectivity index (χ3n) is 1.84. The Morgan fingerprint density at radius 2 is 2.38 bits per heavy atom. The van der Waals surface area contributed by atoms with Gasteiger partial charge in [0.05, 0.1) is 24.0 Å². The fraction of sp³-hybridized carbons (Fsp3) is 0.444. The van der Waals surface area contributed by atoms with Crippen LogP contribution in [0.25, 0.3) is 0 Å². The number of aromatic nitrogens is 1. The molecule has 0 fully saturated rings. The predicted octanol–water partition coefficient (Wildman–Crippen LogP) is -0.130. The summed E-state index contributed by atoms with van der Waals surface area (Å²) in [6.07, 6.45) is 1.30. The molecule has 7 heteroatoms. The van der Waals surface area contributed by atoms with Gasteiger partial charge >= 0.3 is 5.97 Å². The average molecular weight is 243 g/mol. The molecule has 0 aliphatic rings. The summed E-state index contributed by atoms with van der Waals surface area (Å²) in [5.41, 5.74) is 5.38. The van der Waals surface area contributed by atoms with Gasteiger partial charge in [0, 0.05) is 11.1 Å². The SMILES string of the molecule is Cc1ncc(CNC(=O)C(N)CC(=O)O)s1. The van der Waals surface area contributed by atoms with Crippen LogP contribution in [0.5, 0.6) is 0 Å². The van der Waals surface area contributed by atoms with Crippen LogP contribution in [0, 0.1) is 6.92 Å². The Bertz CT molecular complexity index is 391. The van der Waals surface area contributed by atoms with Gasteiger partial charge in [-0.2, -0.15) is 0 Å². The number of hydrogen-bond donors (Lipinski definition) is 3. The number of carboxylic acid groups (broad SMARTS) is 1. The van der Waals surface area contributed by atoms with Crippen molar-refractivity contribution in [3.63, 3.8) is 0 Å². The second kappa shape index (κ2) is 5.57. The molecule has 0 saturated heterocycles. The second-order valence-corrected chi connectivity index (χ2v) is 4.59. The lowest BCUT2D eigenvalue weighted by Crippen LogP contribution is -2.41. The topological polar surface area (TPSA) is 105 Å². The lowest BCUT2D eigenvalue weighted by Gasteiger charge is -2.08. The molecular formula is C9H13N3O3S. The molecule has 1 aromatic rings. The molecule has 16 heavy (non-hydrogen) atoms. The maximum absolute atomic E-state index is 11.3. The fourth-order valence-electron chi connectivity index (χ4n) is 1.07. The number of nitrogens with one attached hydrogen (secondary N) is 1. The first kappa shape index (κ1) is 12.6. The zero-order valence-electron chi connectivity index (χ0n) is 8.77. The Labute approximate surface area is 96.5 Å². The quantitative estimate of drug-likeness (QED) is 0.668. The van der Waals surface area contributed by atoms with Crippen molar-refractivity contribution in [3.05, 3.63) is 16.1 Å². The number of carbonyl (C=O) groups excluding carboxylic acids is 1. The fourth-order valence-corrected chi connectivity index (χ4v) is 1.81. The molecule has 1 unspecified atom stereocenters. The number of nitrogens with two attached hydrogens (primary N) is 1. The van der Waals surface area contributed by atoms with Crippen LogP contribution in [0.4, 0.5) is 0 Å². The van der Waals surface area contributed by atoms with Crippen LogP contribution in [0.15, 0.2) is 6.20 Å². The lowest BCUT2D eigenvalue weighted by atomic mass is 10.2. The van der Waals surface area contributed by atoms with Crippen molar-refractivity contribution in [1.82, 2.24) is 10.3 Å². The molecule has 6 nitrogen and oxygen atoms in total. The highest BCUT2D eigenvalue weighted by Crippen LogP contribution is 2.10. The maximum atomic E-state index is 11.3. The van der Waals surface area contributed by atoms with E-state index in [0.29, 0.717) is 6.54 Å². The largest absolute Gasteiger partial charge is 0.481 e. The van der Waals surface area contributed by atoms with E-state index in [-0.39, 0.29) is 6.42 Å². The van der Waals surface area contributed by atoms with Gasteiger partial charge in [-0.1, -0.05) is 0 Å². The van der Waals surface area contributed by atoms with Crippen LogP contribution in [-0.4, -0.2) is 28.0 Å². The van der Waals surface area contributed by atoms with Crippen LogP contribution in [0.2, 0.25) is 0 Å². The van der Waals surface area contributed by atoms with Gasteiger partial charge in [0.2, 0.25) is 5.91 Å². The van der Waals surface area contributed by atoms with Crippen LogP contribution < -0.4 is 11.1 Å². The van der Waals surface area contributed by atoms with E-state index in [2.05, 4.69) is 10.3 Å². The number of nitrogens with zero attached hydrogens (tertiary/aromatic N) is 1. The molecule has 0 radical (unpaired) electrons. The average Bonchev–Trinajstić information content (AvgIpc) is 2.59. The van der Waals surface area contributed by atoms with Crippen LogP contribution in [0.3, 0.4) is 0 Å². The molecule has 1 aromatic heterocycles. The van der Waals surface area contributed by atoms with E-state index < -0.39 is 17.9 Å². The first-order valence-electron chi connectivity index (χ1n) is 4.65. The van der Waals surface area contributed by atoms with Crippen molar-refractivity contribution < 1.29 is 14.7 Å². The van der Waals surface area contributed by atoms with Gasteiger partial charge in [-0.3, -0.25) is 9.59 Å². The lowest BCUT2D eigenvalue weighted by molar-refractivity contribution is -0.139. The van der Waals surface area contributed by atoms with Gasteiger partial charge in [0.1, 0.15) is 0 Å². The summed E-state index contributed by atoms with van der Waals surface area (Å²) in [5, 5.41) is 11.9. The van der Waals surface area contributed by atoms with E-state index in [1.807, 2.05) is 6.92 Å². The van der Waals surface area contributed by atoms with E-state index in [1.54, 1.807) is 6.20 Å². The minimum atomic E-state index is -1.09. The third-order valence-corrected chi connectivity index (χ3v) is 2.75. The zero-order valence-corrected chi connectivity index (χ0v) is 9.58. The number of carbonyl (C=O) groups is 2. The first-order valence-corrected chi connectivity index (χ1v) is 5.47. The summed E-state index contributed by atoms with van der Waals surface area (Å²) >= 11 is 1.47. The van der Waals surface area contributed by atoms with E-state index in [0.717, 1.165) is 9.88 Å². The molecule has 0 bridgehead atoms. The summed E-state index contributed by atoms with van der Waals surface area (Å²) < 4.78 is 0. The minimum absolute atomic E-state index is 0.331. The molecule has 1 amide bonds. The Kier molecular flexibility index (Phi) is 4.39. The van der Waals surface area contributed by atoms with Gasteiger partial charge in [-0.15, -0.1) is 11.3 Å². The zero-order chi connectivity index (χ0) is 12.1. The molecule has 0 spiro atoms. The van der Waals surface area contributed by atoms with Crippen molar-refractivity contribution in [2.75, 3.05) is 0 Å². The van der Waals surface area contributed by atoms with E-state index >= 15 is 0 Å². The van der Waals surface area contributed by atoms with Gasteiger partial charge < -0.3 is 16.2 Å². The van der Waals surface area contributed by atoms with Crippen LogP contribution in [0.1, 0.15) is 16.3 Å². The van der Waals surface area contributed by atoms with Gasteiger partial charge in [-0.25, -0.2) is 4.98 Å². The maximum Gasteiger partial charge on any atom is 0.305 e. The number of hydrogen-bond acceptors (Lipinski definition) is 5. The van der Waals surface area contributed by atoms with Crippen molar-refractivity contribution in [2.24, 2.45) is 5.73 Å².